The van der Waals surface area contributed by atoms with Crippen molar-refractivity contribution in [2.75, 3.05) is 5.32 Å². The molecule has 0 atom stereocenters. The van der Waals surface area contributed by atoms with Gasteiger partial charge in [-0.05, 0) is 37.1 Å². The van der Waals surface area contributed by atoms with Crippen molar-refractivity contribution >= 4 is 16.6 Å². The number of fused-ring (bicyclic) bond motifs is 1. The molecule has 0 bridgehead atoms. The zero-order valence-electron chi connectivity index (χ0n) is 15.3. The van der Waals surface area contributed by atoms with Gasteiger partial charge < -0.3 is 5.32 Å². The fourth-order valence-electron chi connectivity index (χ4n) is 4.14. The second-order valence-electron chi connectivity index (χ2n) is 7.29. The molecule has 3 heteroatoms. The minimum absolute atomic E-state index is 0.569. The molecule has 1 aromatic heterocycles. The second kappa shape index (κ2) is 6.92. The maximum atomic E-state index is 5.04. The number of nitrogens with zero attached hydrogens (tertiary/aromatic N) is 2. The molecular weight excluding hydrogens is 330 g/mol. The highest BCUT2D eigenvalue weighted by Gasteiger charge is 2.20. The van der Waals surface area contributed by atoms with Gasteiger partial charge in [-0.3, -0.25) is 0 Å². The molecule has 3 nitrogen and oxygen atoms in total. The summed E-state index contributed by atoms with van der Waals surface area (Å²) in [6.07, 6.45) is 5.15. The van der Waals surface area contributed by atoms with E-state index in [1.165, 1.54) is 36.8 Å². The van der Waals surface area contributed by atoms with Crippen LogP contribution in [0.15, 0.2) is 78.9 Å². The van der Waals surface area contributed by atoms with E-state index in [-0.39, 0.29) is 0 Å². The molecular formula is C24H23N3. The molecule has 3 aromatic carbocycles. The molecule has 0 radical (unpaired) electrons. The normalized spacial score (nSPS) is 14.7. The van der Waals surface area contributed by atoms with Gasteiger partial charge in [-0.15, -0.1) is 0 Å². The molecule has 0 amide bonds. The number of anilines is 1. The fraction of sp³-hybridized carbons (Fsp3) is 0.208. The average molecular weight is 353 g/mol. The number of aromatic nitrogens is 2. The predicted octanol–water partition coefficient (Wildman–Crippen LogP) is 6.05. The summed E-state index contributed by atoms with van der Waals surface area (Å²) in [6, 6.07) is 27.9. The van der Waals surface area contributed by atoms with Crippen LogP contribution in [0.1, 0.15) is 25.7 Å². The minimum Gasteiger partial charge on any atom is -0.382 e. The topological polar surface area (TPSA) is 29.9 Å². The highest BCUT2D eigenvalue weighted by atomic mass is 15.3. The van der Waals surface area contributed by atoms with Gasteiger partial charge in [-0.1, -0.05) is 67.4 Å². The lowest BCUT2D eigenvalue weighted by Gasteiger charge is -2.15. The van der Waals surface area contributed by atoms with E-state index in [4.69, 9.17) is 5.10 Å². The quantitative estimate of drug-likeness (QED) is 0.484. The molecule has 0 spiro atoms. The Bertz CT molecular complexity index is 1050. The van der Waals surface area contributed by atoms with Crippen LogP contribution in [-0.2, 0) is 0 Å². The SMILES string of the molecule is c1ccc(-c2nn(-c3ccccc3)c3cccc(NC4CCCC4)c23)cc1. The first-order valence-corrected chi connectivity index (χ1v) is 9.79. The molecule has 1 heterocycles. The molecule has 1 aliphatic rings. The van der Waals surface area contributed by atoms with E-state index in [2.05, 4.69) is 82.8 Å². The Labute approximate surface area is 159 Å². The molecule has 1 saturated carbocycles. The monoisotopic (exact) mass is 353 g/mol. The Morgan fingerprint density at radius 1 is 0.778 bits per heavy atom. The van der Waals surface area contributed by atoms with Crippen LogP contribution in [-0.4, -0.2) is 15.8 Å². The lowest BCUT2D eigenvalue weighted by Crippen LogP contribution is -2.14. The lowest BCUT2D eigenvalue weighted by atomic mass is 10.1. The molecule has 4 aromatic rings. The standard InChI is InChI=1S/C24H23N3/c1-3-10-18(11-4-1)24-23-21(25-19-12-7-8-13-19)16-9-17-22(23)27(26-24)20-14-5-2-6-15-20/h1-6,9-11,14-17,19,25H,7-8,12-13H2. The van der Waals surface area contributed by atoms with Crippen molar-refractivity contribution in [2.45, 2.75) is 31.7 Å². The van der Waals surface area contributed by atoms with Crippen LogP contribution >= 0.6 is 0 Å². The van der Waals surface area contributed by atoms with E-state index in [0.717, 1.165) is 22.5 Å². The van der Waals surface area contributed by atoms with Gasteiger partial charge in [0.1, 0.15) is 5.69 Å². The van der Waals surface area contributed by atoms with E-state index >= 15 is 0 Å². The van der Waals surface area contributed by atoms with Gasteiger partial charge in [0.2, 0.25) is 0 Å². The van der Waals surface area contributed by atoms with Crippen molar-refractivity contribution in [3.05, 3.63) is 78.9 Å². The van der Waals surface area contributed by atoms with Crippen LogP contribution in [0, 0.1) is 0 Å². The number of nitrogens with one attached hydrogen (secondary N) is 1. The molecule has 134 valence electrons. The molecule has 1 aliphatic carbocycles. The lowest BCUT2D eigenvalue weighted by molar-refractivity contribution is 0.757. The number of rotatable bonds is 4. The van der Waals surface area contributed by atoms with E-state index in [1.54, 1.807) is 0 Å². The third-order valence-electron chi connectivity index (χ3n) is 5.47. The van der Waals surface area contributed by atoms with Gasteiger partial charge in [0.25, 0.3) is 0 Å². The van der Waals surface area contributed by atoms with E-state index in [9.17, 15) is 0 Å². The van der Waals surface area contributed by atoms with Crippen molar-refractivity contribution in [2.24, 2.45) is 0 Å². The molecule has 27 heavy (non-hydrogen) atoms. The van der Waals surface area contributed by atoms with Crippen LogP contribution < -0.4 is 5.32 Å². The summed E-state index contributed by atoms with van der Waals surface area (Å²) in [5.41, 5.74) is 5.61. The Morgan fingerprint density at radius 3 is 2.22 bits per heavy atom. The Hall–Kier alpha value is -3.07. The van der Waals surface area contributed by atoms with Gasteiger partial charge in [-0.2, -0.15) is 5.10 Å². The van der Waals surface area contributed by atoms with Crippen LogP contribution in [0.5, 0.6) is 0 Å². The van der Waals surface area contributed by atoms with Gasteiger partial charge in [0.05, 0.1) is 16.6 Å². The number of hydrogen-bond donors (Lipinski definition) is 1. The first kappa shape index (κ1) is 16.1. The molecule has 5 rings (SSSR count). The first-order chi connectivity index (χ1) is 13.4. The van der Waals surface area contributed by atoms with Crippen molar-refractivity contribution < 1.29 is 0 Å². The van der Waals surface area contributed by atoms with Crippen LogP contribution in [0.4, 0.5) is 5.69 Å². The van der Waals surface area contributed by atoms with Crippen molar-refractivity contribution in [1.82, 2.24) is 9.78 Å². The van der Waals surface area contributed by atoms with Gasteiger partial charge in [-0.25, -0.2) is 4.68 Å². The van der Waals surface area contributed by atoms with Crippen molar-refractivity contribution in [3.63, 3.8) is 0 Å². The maximum Gasteiger partial charge on any atom is 0.103 e. The van der Waals surface area contributed by atoms with Crippen LogP contribution in [0.3, 0.4) is 0 Å². The third-order valence-corrected chi connectivity index (χ3v) is 5.47. The average Bonchev–Trinajstić information content (AvgIpc) is 3.38. The minimum atomic E-state index is 0.569. The van der Waals surface area contributed by atoms with E-state index < -0.39 is 0 Å². The Morgan fingerprint density at radius 2 is 1.48 bits per heavy atom. The summed E-state index contributed by atoms with van der Waals surface area (Å²) in [6.45, 7) is 0. The fourth-order valence-corrected chi connectivity index (χ4v) is 4.14. The zero-order valence-corrected chi connectivity index (χ0v) is 15.3. The summed E-state index contributed by atoms with van der Waals surface area (Å²) < 4.78 is 2.07. The zero-order chi connectivity index (χ0) is 18.1. The number of para-hydroxylation sites is 1. The summed E-state index contributed by atoms with van der Waals surface area (Å²) in [4.78, 5) is 0. The van der Waals surface area contributed by atoms with Gasteiger partial charge in [0.15, 0.2) is 0 Å². The largest absolute Gasteiger partial charge is 0.382 e. The Balaban J connectivity index is 1.73. The van der Waals surface area contributed by atoms with Crippen LogP contribution in [0.25, 0.3) is 27.8 Å². The molecule has 1 N–H and O–H groups in total. The highest BCUT2D eigenvalue weighted by molar-refractivity contribution is 6.03. The molecule has 1 fully saturated rings. The predicted molar refractivity (Wildman–Crippen MR) is 112 cm³/mol. The highest BCUT2D eigenvalue weighted by Crippen LogP contribution is 2.36. The van der Waals surface area contributed by atoms with Gasteiger partial charge in [0, 0.05) is 17.3 Å². The van der Waals surface area contributed by atoms with E-state index in [0.29, 0.717) is 6.04 Å². The molecule has 0 unspecified atom stereocenters. The number of benzene rings is 3. The smallest absolute Gasteiger partial charge is 0.103 e. The molecule has 0 aliphatic heterocycles. The van der Waals surface area contributed by atoms with Gasteiger partial charge >= 0.3 is 0 Å². The summed E-state index contributed by atoms with van der Waals surface area (Å²) in [5, 5.41) is 10.1. The number of hydrogen-bond acceptors (Lipinski definition) is 2. The summed E-state index contributed by atoms with van der Waals surface area (Å²) in [5.74, 6) is 0. The third kappa shape index (κ3) is 2.99. The summed E-state index contributed by atoms with van der Waals surface area (Å²) in [7, 11) is 0. The van der Waals surface area contributed by atoms with E-state index in [1.807, 2.05) is 6.07 Å². The van der Waals surface area contributed by atoms with Crippen molar-refractivity contribution in [3.8, 4) is 16.9 Å². The summed E-state index contributed by atoms with van der Waals surface area (Å²) >= 11 is 0. The van der Waals surface area contributed by atoms with Crippen molar-refractivity contribution in [1.29, 1.82) is 0 Å². The Kier molecular flexibility index (Phi) is 4.13. The van der Waals surface area contributed by atoms with Crippen LogP contribution in [0.2, 0.25) is 0 Å². The maximum absolute atomic E-state index is 5.04. The second-order valence-corrected chi connectivity index (χ2v) is 7.29. The molecule has 0 saturated heterocycles. The first-order valence-electron chi connectivity index (χ1n) is 9.79.